The second-order valence-corrected chi connectivity index (χ2v) is 2.74. The van der Waals surface area contributed by atoms with E-state index in [9.17, 15) is 4.79 Å². The van der Waals surface area contributed by atoms with Crippen LogP contribution >= 0.6 is 0 Å². The number of aliphatic hydroxyl groups is 1. The first kappa shape index (κ1) is 18.3. The molecule has 2 unspecified atom stereocenters. The van der Waals surface area contributed by atoms with Crippen molar-refractivity contribution < 1.29 is 14.6 Å². The van der Waals surface area contributed by atoms with E-state index in [0.29, 0.717) is 0 Å². The Hall–Kier alpha value is -0.570. The zero-order valence-electron chi connectivity index (χ0n) is 7.33. The van der Waals surface area contributed by atoms with Crippen LogP contribution in [0.1, 0.15) is 42.0 Å². The van der Waals surface area contributed by atoms with Gasteiger partial charge in [-0.25, -0.2) is 0 Å². The molecule has 0 fully saturated rings. The molecule has 1 N–H and O–H groups in total. The number of aliphatic hydroxyl groups excluding tert-OH is 1. The van der Waals surface area contributed by atoms with Gasteiger partial charge in [-0.05, 0) is 13.3 Å². The maximum atomic E-state index is 11.0. The van der Waals surface area contributed by atoms with Gasteiger partial charge in [0, 0.05) is 0 Å². The summed E-state index contributed by atoms with van der Waals surface area (Å²) in [5.74, 6) is -0.293. The Morgan fingerprint density at radius 3 is 2.15 bits per heavy atom. The summed E-state index contributed by atoms with van der Waals surface area (Å²) in [6.45, 7) is 5.30. The molecule has 0 aliphatic rings. The van der Waals surface area contributed by atoms with Gasteiger partial charge in [0.1, 0.15) is 6.10 Å². The van der Waals surface area contributed by atoms with Gasteiger partial charge in [-0.1, -0.05) is 28.7 Å². The number of hydrogen-bond donors (Lipinski definition) is 1. The summed E-state index contributed by atoms with van der Waals surface area (Å²) >= 11 is 0. The third-order valence-electron chi connectivity index (χ3n) is 1.59. The molecule has 0 spiro atoms. The summed E-state index contributed by atoms with van der Waals surface area (Å²) in [7, 11) is 0. The Bertz CT molecular complexity index is 123. The predicted molar refractivity (Wildman–Crippen MR) is 55.6 cm³/mol. The fourth-order valence-corrected chi connectivity index (χ4v) is 0.518. The van der Waals surface area contributed by atoms with Crippen molar-refractivity contribution in [2.75, 3.05) is 6.61 Å². The molecule has 2 atom stereocenters. The molecule has 0 saturated heterocycles. The molecule has 0 aromatic heterocycles. The molecular formula is C10H24O3. The van der Waals surface area contributed by atoms with Crippen LogP contribution in [0.3, 0.4) is 0 Å². The zero-order valence-corrected chi connectivity index (χ0v) is 7.33. The first-order valence-electron chi connectivity index (χ1n) is 3.93. The highest BCUT2D eigenvalue weighted by Crippen LogP contribution is 2.04. The second kappa shape index (κ2) is 9.52. The average molecular weight is 192 g/mol. The number of hydrogen-bond acceptors (Lipinski definition) is 3. The van der Waals surface area contributed by atoms with Gasteiger partial charge < -0.3 is 9.84 Å². The normalized spacial score (nSPS) is 13.2. The molecule has 0 aliphatic heterocycles. The third-order valence-corrected chi connectivity index (χ3v) is 1.59. The van der Waals surface area contributed by atoms with Crippen LogP contribution in [0.5, 0.6) is 0 Å². The number of ether oxygens (including phenoxy) is 1. The summed E-state index contributed by atoms with van der Waals surface area (Å²) in [6.07, 6.45) is 0.397. The fourth-order valence-electron chi connectivity index (χ4n) is 0.518. The lowest BCUT2D eigenvalue weighted by Crippen LogP contribution is -2.22. The maximum absolute atomic E-state index is 11.0. The maximum Gasteiger partial charge on any atom is 0.308 e. The van der Waals surface area contributed by atoms with Crippen molar-refractivity contribution >= 4 is 5.97 Å². The molecule has 0 aromatic rings. The van der Waals surface area contributed by atoms with Crippen LogP contribution in [-0.4, -0.2) is 23.8 Å². The molecule has 0 saturated carbocycles. The molecule has 82 valence electrons. The van der Waals surface area contributed by atoms with Crippen LogP contribution in [0.25, 0.3) is 0 Å². The monoisotopic (exact) mass is 192 g/mol. The van der Waals surface area contributed by atoms with E-state index in [1.807, 2.05) is 13.8 Å². The Balaban J connectivity index is -0.000000500. The van der Waals surface area contributed by atoms with Crippen LogP contribution in [0, 0.1) is 5.92 Å². The van der Waals surface area contributed by atoms with E-state index in [0.717, 1.165) is 6.42 Å². The van der Waals surface area contributed by atoms with Crippen molar-refractivity contribution in [2.45, 2.75) is 48.1 Å². The van der Waals surface area contributed by atoms with Crippen LogP contribution in [-0.2, 0) is 9.53 Å². The predicted octanol–water partition coefficient (Wildman–Crippen LogP) is 2.23. The van der Waals surface area contributed by atoms with Gasteiger partial charge in [-0.2, -0.15) is 0 Å². The van der Waals surface area contributed by atoms with Gasteiger partial charge in [0.2, 0.25) is 0 Å². The highest BCUT2D eigenvalue weighted by Gasteiger charge is 2.14. The van der Waals surface area contributed by atoms with Crippen LogP contribution < -0.4 is 0 Å². The molecule has 3 nitrogen and oxygen atoms in total. The Morgan fingerprint density at radius 2 is 1.85 bits per heavy atom. The number of esters is 1. The van der Waals surface area contributed by atoms with E-state index >= 15 is 0 Å². The van der Waals surface area contributed by atoms with Gasteiger partial charge in [0.25, 0.3) is 0 Å². The lowest BCUT2D eigenvalue weighted by molar-refractivity contribution is -0.154. The Morgan fingerprint density at radius 1 is 1.38 bits per heavy atom. The SMILES string of the molecule is C.C.CCC(C)C(=O)OC(C)CO. The Kier molecular flexibility index (Phi) is 13.4. The number of carbonyl (C=O) groups excluding carboxylic acids is 1. The summed E-state index contributed by atoms with van der Waals surface area (Å²) in [5, 5.41) is 8.56. The van der Waals surface area contributed by atoms with E-state index in [1.165, 1.54) is 0 Å². The summed E-state index contributed by atoms with van der Waals surface area (Å²) in [4.78, 5) is 11.0. The van der Waals surface area contributed by atoms with Crippen LogP contribution in [0.15, 0.2) is 0 Å². The van der Waals surface area contributed by atoms with Gasteiger partial charge in [-0.3, -0.25) is 4.79 Å². The molecule has 0 aromatic carbocycles. The van der Waals surface area contributed by atoms with Crippen molar-refractivity contribution in [3.05, 3.63) is 0 Å². The van der Waals surface area contributed by atoms with Gasteiger partial charge in [0.05, 0.1) is 12.5 Å². The highest BCUT2D eigenvalue weighted by molar-refractivity contribution is 5.72. The van der Waals surface area contributed by atoms with Gasteiger partial charge in [0.15, 0.2) is 0 Å². The molecule has 0 radical (unpaired) electrons. The van der Waals surface area contributed by atoms with Crippen molar-refractivity contribution in [3.8, 4) is 0 Å². The van der Waals surface area contributed by atoms with E-state index in [4.69, 9.17) is 9.84 Å². The third kappa shape index (κ3) is 7.78. The fraction of sp³-hybridized carbons (Fsp3) is 0.900. The second-order valence-electron chi connectivity index (χ2n) is 2.74. The van der Waals surface area contributed by atoms with Crippen molar-refractivity contribution in [2.24, 2.45) is 5.92 Å². The summed E-state index contributed by atoms with van der Waals surface area (Å²) in [5.41, 5.74) is 0. The molecule has 13 heavy (non-hydrogen) atoms. The zero-order chi connectivity index (χ0) is 8.85. The highest BCUT2D eigenvalue weighted by atomic mass is 16.6. The van der Waals surface area contributed by atoms with Crippen molar-refractivity contribution in [1.29, 1.82) is 0 Å². The van der Waals surface area contributed by atoms with Gasteiger partial charge in [-0.15, -0.1) is 0 Å². The first-order valence-corrected chi connectivity index (χ1v) is 3.93. The number of rotatable bonds is 4. The molecule has 0 rings (SSSR count). The van der Waals surface area contributed by atoms with E-state index < -0.39 is 0 Å². The van der Waals surface area contributed by atoms with E-state index in [2.05, 4.69) is 0 Å². The summed E-state index contributed by atoms with van der Waals surface area (Å²) in [6, 6.07) is 0. The molecular weight excluding hydrogens is 168 g/mol. The average Bonchev–Trinajstić information content (AvgIpc) is 2.02. The van der Waals surface area contributed by atoms with Crippen LogP contribution in [0.2, 0.25) is 0 Å². The van der Waals surface area contributed by atoms with Gasteiger partial charge >= 0.3 is 5.97 Å². The van der Waals surface area contributed by atoms with Crippen molar-refractivity contribution in [3.63, 3.8) is 0 Å². The van der Waals surface area contributed by atoms with E-state index in [-0.39, 0.29) is 39.5 Å². The first-order chi connectivity index (χ1) is 5.11. The number of carbonyl (C=O) groups is 1. The van der Waals surface area contributed by atoms with Crippen molar-refractivity contribution in [1.82, 2.24) is 0 Å². The van der Waals surface area contributed by atoms with Crippen LogP contribution in [0.4, 0.5) is 0 Å². The quantitative estimate of drug-likeness (QED) is 0.695. The largest absolute Gasteiger partial charge is 0.460 e. The standard InChI is InChI=1S/C8H16O3.2CH4/c1-4-6(2)8(10)11-7(3)5-9;;/h6-7,9H,4-5H2,1-3H3;2*1H4. The topological polar surface area (TPSA) is 46.5 Å². The minimum absolute atomic E-state index is 0. The lowest BCUT2D eigenvalue weighted by Gasteiger charge is -2.13. The van der Waals surface area contributed by atoms with E-state index in [1.54, 1.807) is 6.92 Å². The molecule has 3 heteroatoms. The molecule has 0 bridgehead atoms. The molecule has 0 heterocycles. The minimum Gasteiger partial charge on any atom is -0.460 e. The Labute approximate surface area is 82.1 Å². The molecule has 0 amide bonds. The molecule has 0 aliphatic carbocycles. The smallest absolute Gasteiger partial charge is 0.308 e. The minimum atomic E-state index is -0.378. The lowest BCUT2D eigenvalue weighted by atomic mass is 10.1. The summed E-state index contributed by atoms with van der Waals surface area (Å²) < 4.78 is 4.86.